The van der Waals surface area contributed by atoms with Crippen LogP contribution in [0.2, 0.25) is 0 Å². The normalized spacial score (nSPS) is 20.5. The van der Waals surface area contributed by atoms with Crippen molar-refractivity contribution in [2.24, 2.45) is 5.92 Å². The standard InChI is InChI=1S/C23H35N5O/c1-17(2)28-13-9-19(10-14-28)24-23(29)16-27-11-7-18(8-12-27)15-22-25-20-5-3-4-6-21(20)26-22/h3-6,17-19H,7-16H2,1-2H3,(H,24,29)(H,25,26). The number of likely N-dealkylation sites (tertiary alicyclic amines) is 2. The molecule has 2 fully saturated rings. The number of para-hydroxylation sites is 2. The molecule has 6 heteroatoms. The number of nitrogens with one attached hydrogen (secondary N) is 2. The third-order valence-electron chi connectivity index (χ3n) is 6.62. The largest absolute Gasteiger partial charge is 0.352 e. The number of imidazole rings is 1. The number of carbonyl (C=O) groups is 1. The van der Waals surface area contributed by atoms with Crippen molar-refractivity contribution in [2.45, 2.75) is 58.0 Å². The number of benzene rings is 1. The second-order valence-electron chi connectivity index (χ2n) is 9.10. The molecule has 0 bridgehead atoms. The summed E-state index contributed by atoms with van der Waals surface area (Å²) in [5.74, 6) is 1.94. The van der Waals surface area contributed by atoms with Crippen molar-refractivity contribution in [3.63, 3.8) is 0 Å². The molecular weight excluding hydrogens is 362 g/mol. The molecule has 0 aliphatic carbocycles. The van der Waals surface area contributed by atoms with Crippen LogP contribution in [0.25, 0.3) is 11.0 Å². The highest BCUT2D eigenvalue weighted by Gasteiger charge is 2.25. The van der Waals surface area contributed by atoms with E-state index in [2.05, 4.69) is 46.1 Å². The Balaban J connectivity index is 1.17. The van der Waals surface area contributed by atoms with Crippen LogP contribution >= 0.6 is 0 Å². The molecule has 2 N–H and O–H groups in total. The molecule has 0 saturated carbocycles. The van der Waals surface area contributed by atoms with Gasteiger partial charge in [0.25, 0.3) is 0 Å². The van der Waals surface area contributed by atoms with Gasteiger partial charge in [-0.3, -0.25) is 9.69 Å². The smallest absolute Gasteiger partial charge is 0.234 e. The molecule has 1 aromatic heterocycles. The van der Waals surface area contributed by atoms with Gasteiger partial charge in [0.05, 0.1) is 17.6 Å². The van der Waals surface area contributed by atoms with Crippen LogP contribution in [-0.4, -0.2) is 70.5 Å². The summed E-state index contributed by atoms with van der Waals surface area (Å²) in [7, 11) is 0. The van der Waals surface area contributed by atoms with Crippen molar-refractivity contribution in [1.29, 1.82) is 0 Å². The third-order valence-corrected chi connectivity index (χ3v) is 6.62. The Morgan fingerprint density at radius 2 is 1.86 bits per heavy atom. The van der Waals surface area contributed by atoms with E-state index in [1.54, 1.807) is 0 Å². The minimum atomic E-state index is 0.198. The number of aromatic nitrogens is 2. The summed E-state index contributed by atoms with van der Waals surface area (Å²) < 4.78 is 0. The summed E-state index contributed by atoms with van der Waals surface area (Å²) in [4.78, 5) is 25.5. The van der Waals surface area contributed by atoms with Gasteiger partial charge in [0, 0.05) is 31.6 Å². The Morgan fingerprint density at radius 3 is 2.55 bits per heavy atom. The van der Waals surface area contributed by atoms with Gasteiger partial charge < -0.3 is 15.2 Å². The first kappa shape index (κ1) is 20.4. The Labute approximate surface area is 174 Å². The lowest BCUT2D eigenvalue weighted by atomic mass is 9.93. The molecule has 2 aliphatic heterocycles. The number of H-pyrrole nitrogens is 1. The number of piperidine rings is 2. The quantitative estimate of drug-likeness (QED) is 0.787. The molecule has 0 radical (unpaired) electrons. The van der Waals surface area contributed by atoms with Crippen LogP contribution in [0.15, 0.2) is 24.3 Å². The van der Waals surface area contributed by atoms with Gasteiger partial charge in [0.2, 0.25) is 5.91 Å². The average Bonchev–Trinajstić information content (AvgIpc) is 3.12. The highest BCUT2D eigenvalue weighted by molar-refractivity contribution is 5.78. The minimum Gasteiger partial charge on any atom is -0.352 e. The van der Waals surface area contributed by atoms with Crippen LogP contribution in [0, 0.1) is 5.92 Å². The summed E-state index contributed by atoms with van der Waals surface area (Å²) >= 11 is 0. The number of aromatic amines is 1. The van der Waals surface area contributed by atoms with E-state index in [9.17, 15) is 4.79 Å². The maximum atomic E-state index is 12.5. The maximum Gasteiger partial charge on any atom is 0.234 e. The van der Waals surface area contributed by atoms with Crippen LogP contribution in [0.5, 0.6) is 0 Å². The average molecular weight is 398 g/mol. The van der Waals surface area contributed by atoms with E-state index in [-0.39, 0.29) is 5.91 Å². The molecule has 1 amide bonds. The number of carbonyl (C=O) groups excluding carboxylic acids is 1. The summed E-state index contributed by atoms with van der Waals surface area (Å²) in [6, 6.07) is 9.17. The second kappa shape index (κ2) is 9.26. The third kappa shape index (κ3) is 5.37. The molecule has 0 atom stereocenters. The zero-order valence-corrected chi connectivity index (χ0v) is 17.9. The summed E-state index contributed by atoms with van der Waals surface area (Å²) in [6.07, 6.45) is 5.42. The Hall–Kier alpha value is -1.92. The first-order valence-electron chi connectivity index (χ1n) is 11.3. The predicted octanol–water partition coefficient (Wildman–Crippen LogP) is 2.81. The van der Waals surface area contributed by atoms with Crippen molar-refractivity contribution < 1.29 is 4.79 Å². The van der Waals surface area contributed by atoms with Gasteiger partial charge in [-0.15, -0.1) is 0 Å². The number of nitrogens with zero attached hydrogens (tertiary/aromatic N) is 3. The van der Waals surface area contributed by atoms with Crippen LogP contribution in [0.1, 0.15) is 45.4 Å². The lowest BCUT2D eigenvalue weighted by molar-refractivity contribution is -0.123. The van der Waals surface area contributed by atoms with E-state index in [1.165, 1.54) is 0 Å². The number of fused-ring (bicyclic) bond motifs is 1. The van der Waals surface area contributed by atoms with Crippen LogP contribution in [0.3, 0.4) is 0 Å². The summed E-state index contributed by atoms with van der Waals surface area (Å²) in [6.45, 7) is 9.23. The van der Waals surface area contributed by atoms with Crippen LogP contribution in [-0.2, 0) is 11.2 Å². The lowest BCUT2D eigenvalue weighted by Gasteiger charge is -2.35. The highest BCUT2D eigenvalue weighted by atomic mass is 16.2. The molecule has 29 heavy (non-hydrogen) atoms. The van der Waals surface area contributed by atoms with E-state index < -0.39 is 0 Å². The predicted molar refractivity (Wildman–Crippen MR) is 117 cm³/mol. The topological polar surface area (TPSA) is 64.3 Å². The molecule has 158 valence electrons. The molecule has 2 saturated heterocycles. The number of hydrogen-bond acceptors (Lipinski definition) is 4. The maximum absolute atomic E-state index is 12.5. The molecule has 2 aliphatic rings. The minimum absolute atomic E-state index is 0.198. The van der Waals surface area contributed by atoms with Crippen molar-refractivity contribution >= 4 is 16.9 Å². The van der Waals surface area contributed by atoms with Crippen molar-refractivity contribution in [2.75, 3.05) is 32.7 Å². The second-order valence-corrected chi connectivity index (χ2v) is 9.10. The molecular formula is C23H35N5O. The van der Waals surface area contributed by atoms with Gasteiger partial charge >= 0.3 is 0 Å². The lowest BCUT2D eigenvalue weighted by Crippen LogP contribution is -2.49. The van der Waals surface area contributed by atoms with Gasteiger partial charge in [0.1, 0.15) is 5.82 Å². The zero-order chi connectivity index (χ0) is 20.2. The van der Waals surface area contributed by atoms with Gasteiger partial charge in [-0.2, -0.15) is 0 Å². The van der Waals surface area contributed by atoms with Crippen LogP contribution < -0.4 is 5.32 Å². The van der Waals surface area contributed by atoms with Crippen molar-refractivity contribution in [1.82, 2.24) is 25.1 Å². The Bertz CT molecular complexity index is 767. The SMILES string of the molecule is CC(C)N1CCC(NC(=O)CN2CCC(Cc3nc4ccccc4[nH]3)CC2)CC1. The van der Waals surface area contributed by atoms with E-state index in [4.69, 9.17) is 4.98 Å². The van der Waals surface area contributed by atoms with Crippen molar-refractivity contribution in [3.05, 3.63) is 30.1 Å². The van der Waals surface area contributed by atoms with E-state index >= 15 is 0 Å². The Morgan fingerprint density at radius 1 is 1.14 bits per heavy atom. The zero-order valence-electron chi connectivity index (χ0n) is 17.9. The highest BCUT2D eigenvalue weighted by Crippen LogP contribution is 2.22. The molecule has 4 rings (SSSR count). The number of rotatable bonds is 6. The Kier molecular flexibility index (Phi) is 6.50. The van der Waals surface area contributed by atoms with E-state index in [0.717, 1.165) is 75.1 Å². The number of hydrogen-bond donors (Lipinski definition) is 2. The van der Waals surface area contributed by atoms with Gasteiger partial charge in [-0.1, -0.05) is 12.1 Å². The first-order valence-corrected chi connectivity index (χ1v) is 11.3. The summed E-state index contributed by atoms with van der Waals surface area (Å²) in [5, 5.41) is 3.27. The van der Waals surface area contributed by atoms with Gasteiger partial charge in [-0.05, 0) is 70.7 Å². The molecule has 2 aromatic rings. The summed E-state index contributed by atoms with van der Waals surface area (Å²) in [5.41, 5.74) is 2.17. The first-order chi connectivity index (χ1) is 14.1. The van der Waals surface area contributed by atoms with E-state index in [1.807, 2.05) is 12.1 Å². The fourth-order valence-corrected chi connectivity index (χ4v) is 4.76. The molecule has 3 heterocycles. The van der Waals surface area contributed by atoms with Crippen LogP contribution in [0.4, 0.5) is 0 Å². The number of amides is 1. The molecule has 6 nitrogen and oxygen atoms in total. The van der Waals surface area contributed by atoms with Gasteiger partial charge in [-0.25, -0.2) is 4.98 Å². The van der Waals surface area contributed by atoms with E-state index in [0.29, 0.717) is 24.5 Å². The fourth-order valence-electron chi connectivity index (χ4n) is 4.76. The molecule has 0 unspecified atom stereocenters. The van der Waals surface area contributed by atoms with Crippen molar-refractivity contribution in [3.8, 4) is 0 Å². The molecule has 0 spiro atoms. The monoisotopic (exact) mass is 397 g/mol. The molecule has 1 aromatic carbocycles. The fraction of sp³-hybridized carbons (Fsp3) is 0.652. The van der Waals surface area contributed by atoms with Gasteiger partial charge in [0.15, 0.2) is 0 Å².